The zero-order valence-electron chi connectivity index (χ0n) is 20.2. The average Bonchev–Trinajstić information content (AvgIpc) is 3.76. The van der Waals surface area contributed by atoms with Gasteiger partial charge in [-0.1, -0.05) is 46.3 Å². The highest BCUT2D eigenvalue weighted by Crippen LogP contribution is 2.46. The van der Waals surface area contributed by atoms with Crippen molar-refractivity contribution in [3.8, 4) is 11.3 Å². The third-order valence-electron chi connectivity index (χ3n) is 8.00. The van der Waals surface area contributed by atoms with Crippen molar-refractivity contribution in [1.29, 1.82) is 0 Å². The molecule has 0 unspecified atom stereocenters. The second-order valence-corrected chi connectivity index (χ2v) is 11.7. The maximum atomic E-state index is 13.3. The standard InChI is InChI=1S/C29H27BrN4O2/c1-17-12-24(31-25-13-22(30)8-9-23(17)25)19-2-4-20(5-3-19)26-32-29(10-11-29)28(36)34(26)16-18-14-33(15-18)27(35)21-6-7-21/h2-5,8-9,12-13,18,21H,6-7,10-11,14-16H2,1H3. The van der Waals surface area contributed by atoms with Crippen molar-refractivity contribution in [2.24, 2.45) is 16.8 Å². The minimum Gasteiger partial charge on any atom is -0.342 e. The molecule has 7 rings (SSSR count). The Bertz CT molecular complexity index is 1450. The molecule has 1 aromatic heterocycles. The van der Waals surface area contributed by atoms with Crippen LogP contribution in [0.2, 0.25) is 0 Å². The fraction of sp³-hybridized carbons (Fsp3) is 0.379. The molecule has 2 aromatic carbocycles. The molecular formula is C29H27BrN4O2. The first-order valence-corrected chi connectivity index (χ1v) is 13.6. The molecular weight excluding hydrogens is 516 g/mol. The molecule has 1 saturated heterocycles. The number of nitrogens with zero attached hydrogens (tertiary/aromatic N) is 4. The lowest BCUT2D eigenvalue weighted by Crippen LogP contribution is -2.55. The van der Waals surface area contributed by atoms with E-state index in [2.05, 4.69) is 59.3 Å². The van der Waals surface area contributed by atoms with E-state index in [1.807, 2.05) is 21.9 Å². The largest absolute Gasteiger partial charge is 0.342 e. The average molecular weight is 543 g/mol. The summed E-state index contributed by atoms with van der Waals surface area (Å²) in [7, 11) is 0. The van der Waals surface area contributed by atoms with Crippen molar-refractivity contribution in [2.75, 3.05) is 19.6 Å². The molecule has 3 aromatic rings. The molecule has 3 heterocycles. The third-order valence-corrected chi connectivity index (χ3v) is 8.49. The van der Waals surface area contributed by atoms with E-state index in [1.165, 1.54) is 5.56 Å². The Morgan fingerprint density at radius 3 is 2.47 bits per heavy atom. The van der Waals surface area contributed by atoms with Crippen molar-refractivity contribution >= 4 is 44.5 Å². The van der Waals surface area contributed by atoms with Crippen LogP contribution in [-0.2, 0) is 9.59 Å². The van der Waals surface area contributed by atoms with Gasteiger partial charge in [-0.2, -0.15) is 0 Å². The molecule has 2 aliphatic carbocycles. The van der Waals surface area contributed by atoms with Crippen molar-refractivity contribution in [3.05, 3.63) is 64.1 Å². The number of aliphatic imine (C=N–C) groups is 1. The van der Waals surface area contributed by atoms with E-state index in [4.69, 9.17) is 9.98 Å². The first kappa shape index (κ1) is 22.2. The molecule has 0 radical (unpaired) electrons. The number of fused-ring (bicyclic) bond motifs is 1. The van der Waals surface area contributed by atoms with E-state index < -0.39 is 5.54 Å². The van der Waals surface area contributed by atoms with E-state index >= 15 is 0 Å². The predicted molar refractivity (Wildman–Crippen MR) is 143 cm³/mol. The maximum Gasteiger partial charge on any atom is 0.256 e. The van der Waals surface area contributed by atoms with Gasteiger partial charge in [-0.3, -0.25) is 19.5 Å². The van der Waals surface area contributed by atoms with Gasteiger partial charge in [0, 0.05) is 52.5 Å². The van der Waals surface area contributed by atoms with Gasteiger partial charge in [-0.15, -0.1) is 0 Å². The zero-order valence-corrected chi connectivity index (χ0v) is 21.8. The Balaban J connectivity index is 1.13. The van der Waals surface area contributed by atoms with Gasteiger partial charge >= 0.3 is 0 Å². The van der Waals surface area contributed by atoms with Crippen molar-refractivity contribution in [3.63, 3.8) is 0 Å². The van der Waals surface area contributed by atoms with Crippen LogP contribution in [0, 0.1) is 18.8 Å². The second kappa shape index (κ2) is 7.97. The Labute approximate surface area is 218 Å². The maximum absolute atomic E-state index is 13.3. The molecule has 0 bridgehead atoms. The van der Waals surface area contributed by atoms with E-state index in [0.717, 1.165) is 76.8 Å². The summed E-state index contributed by atoms with van der Waals surface area (Å²) in [4.78, 5) is 39.3. The molecule has 182 valence electrons. The zero-order chi connectivity index (χ0) is 24.6. The number of carbonyl (C=O) groups excluding carboxylic acids is 2. The molecule has 6 nitrogen and oxygen atoms in total. The number of aryl methyl sites for hydroxylation is 1. The Morgan fingerprint density at radius 1 is 1.06 bits per heavy atom. The summed E-state index contributed by atoms with van der Waals surface area (Å²) in [6.07, 6.45) is 3.73. The van der Waals surface area contributed by atoms with Gasteiger partial charge in [-0.05, 0) is 56.4 Å². The number of amides is 2. The molecule has 7 heteroatoms. The quantitative estimate of drug-likeness (QED) is 0.457. The molecule has 1 spiro atoms. The van der Waals surface area contributed by atoms with Gasteiger partial charge in [0.25, 0.3) is 5.91 Å². The molecule has 0 atom stereocenters. The van der Waals surface area contributed by atoms with Gasteiger partial charge in [0.05, 0.1) is 11.2 Å². The van der Waals surface area contributed by atoms with E-state index in [-0.39, 0.29) is 11.8 Å². The molecule has 0 N–H and O–H groups in total. The number of pyridine rings is 1. The number of hydrogen-bond donors (Lipinski definition) is 0. The summed E-state index contributed by atoms with van der Waals surface area (Å²) < 4.78 is 1.01. The highest BCUT2D eigenvalue weighted by Gasteiger charge is 2.57. The number of benzene rings is 2. The van der Waals surface area contributed by atoms with Crippen LogP contribution < -0.4 is 0 Å². The number of carbonyl (C=O) groups is 2. The van der Waals surface area contributed by atoms with Gasteiger partial charge in [0.2, 0.25) is 5.91 Å². The van der Waals surface area contributed by atoms with Crippen LogP contribution >= 0.6 is 15.9 Å². The predicted octanol–water partition coefficient (Wildman–Crippen LogP) is 4.96. The fourth-order valence-electron chi connectivity index (χ4n) is 5.52. The van der Waals surface area contributed by atoms with Gasteiger partial charge in [0.1, 0.15) is 11.4 Å². The monoisotopic (exact) mass is 542 g/mol. The summed E-state index contributed by atoms with van der Waals surface area (Å²) in [6.45, 7) is 4.25. The fourth-order valence-corrected chi connectivity index (χ4v) is 5.87. The number of rotatable bonds is 5. The third kappa shape index (κ3) is 3.67. The second-order valence-electron chi connectivity index (χ2n) is 10.8. The van der Waals surface area contributed by atoms with Gasteiger partial charge < -0.3 is 4.90 Å². The normalized spacial score (nSPS) is 20.7. The Hall–Kier alpha value is -3.06. The molecule has 3 fully saturated rings. The number of likely N-dealkylation sites (tertiary alicyclic amines) is 1. The first-order valence-electron chi connectivity index (χ1n) is 12.8. The number of aromatic nitrogens is 1. The lowest BCUT2D eigenvalue weighted by atomic mass is 9.98. The van der Waals surface area contributed by atoms with Crippen molar-refractivity contribution in [2.45, 2.75) is 38.1 Å². The topological polar surface area (TPSA) is 65.9 Å². The lowest BCUT2D eigenvalue weighted by molar-refractivity contribution is -0.139. The first-order chi connectivity index (χ1) is 17.4. The van der Waals surface area contributed by atoms with Crippen LogP contribution in [0.5, 0.6) is 0 Å². The Morgan fingerprint density at radius 2 is 1.78 bits per heavy atom. The van der Waals surface area contributed by atoms with Crippen LogP contribution in [-0.4, -0.2) is 57.6 Å². The van der Waals surface area contributed by atoms with Crippen LogP contribution in [0.25, 0.3) is 22.2 Å². The summed E-state index contributed by atoms with van der Waals surface area (Å²) in [5.74, 6) is 1.78. The molecule has 4 aliphatic rings. The van der Waals surface area contributed by atoms with E-state index in [0.29, 0.717) is 18.4 Å². The van der Waals surface area contributed by atoms with Gasteiger partial charge in [0.15, 0.2) is 0 Å². The minimum atomic E-state index is -0.536. The summed E-state index contributed by atoms with van der Waals surface area (Å²) >= 11 is 3.55. The van der Waals surface area contributed by atoms with Crippen LogP contribution in [0.3, 0.4) is 0 Å². The summed E-state index contributed by atoms with van der Waals surface area (Å²) in [5.41, 5.74) is 4.54. The lowest BCUT2D eigenvalue weighted by Gasteiger charge is -2.41. The highest BCUT2D eigenvalue weighted by molar-refractivity contribution is 9.10. The number of amidine groups is 1. The highest BCUT2D eigenvalue weighted by atomic mass is 79.9. The molecule has 2 saturated carbocycles. The summed E-state index contributed by atoms with van der Waals surface area (Å²) in [5, 5.41) is 1.15. The molecule has 36 heavy (non-hydrogen) atoms. The molecule has 2 aliphatic heterocycles. The number of hydrogen-bond acceptors (Lipinski definition) is 4. The Kier molecular flexibility index (Phi) is 4.91. The van der Waals surface area contributed by atoms with Crippen LogP contribution in [0.1, 0.15) is 36.8 Å². The van der Waals surface area contributed by atoms with Gasteiger partial charge in [-0.25, -0.2) is 4.98 Å². The number of halogens is 1. The minimum absolute atomic E-state index is 0.131. The van der Waals surface area contributed by atoms with Crippen molar-refractivity contribution < 1.29 is 9.59 Å². The van der Waals surface area contributed by atoms with E-state index in [9.17, 15) is 9.59 Å². The van der Waals surface area contributed by atoms with Crippen LogP contribution in [0.15, 0.2) is 58.0 Å². The molecule has 2 amide bonds. The van der Waals surface area contributed by atoms with Crippen molar-refractivity contribution in [1.82, 2.24) is 14.8 Å². The van der Waals surface area contributed by atoms with E-state index in [1.54, 1.807) is 0 Å². The van der Waals surface area contributed by atoms with Crippen LogP contribution in [0.4, 0.5) is 0 Å². The summed E-state index contributed by atoms with van der Waals surface area (Å²) in [6, 6.07) is 16.6. The SMILES string of the molecule is Cc1cc(-c2ccc(C3=NC4(CC4)C(=O)N3CC3CN(C(=O)C4CC4)C3)cc2)nc2cc(Br)ccc12. The smallest absolute Gasteiger partial charge is 0.256 e.